The van der Waals surface area contributed by atoms with Crippen LogP contribution in [0.3, 0.4) is 0 Å². The molecule has 2 heterocycles. The molecule has 0 aliphatic rings. The molecule has 4 rings (SSSR count). The van der Waals surface area contributed by atoms with Gasteiger partial charge in [-0.15, -0.1) is 0 Å². The van der Waals surface area contributed by atoms with Gasteiger partial charge < -0.3 is 4.42 Å². The third-order valence-electron chi connectivity index (χ3n) is 4.01. The summed E-state index contributed by atoms with van der Waals surface area (Å²) in [6.45, 7) is 0.00562. The first kappa shape index (κ1) is 16.6. The van der Waals surface area contributed by atoms with Crippen molar-refractivity contribution in [1.82, 2.24) is 14.5 Å². The van der Waals surface area contributed by atoms with E-state index in [9.17, 15) is 19.3 Å². The number of rotatable bonds is 4. The summed E-state index contributed by atoms with van der Waals surface area (Å²) in [4.78, 5) is 31.2. The molecule has 0 aliphatic heterocycles. The van der Waals surface area contributed by atoms with Gasteiger partial charge in [-0.2, -0.15) is 0 Å². The molecule has 4 aromatic rings. The standard InChI is InChI=1S/C18H11FN4O4/c19-12-3-1-11(2-4-12)16-8-20-17(27-16)9-22-10-21-15-6-5-13(23(25)26)7-14(15)18(22)24/h1-8,10H,9H2. The van der Waals surface area contributed by atoms with Crippen LogP contribution >= 0.6 is 0 Å². The van der Waals surface area contributed by atoms with Gasteiger partial charge in [0.05, 0.1) is 28.4 Å². The normalized spacial score (nSPS) is 11.0. The molecule has 9 heteroatoms. The Labute approximate surface area is 150 Å². The molecule has 2 aromatic carbocycles. The maximum Gasteiger partial charge on any atom is 0.270 e. The first-order valence-electron chi connectivity index (χ1n) is 7.85. The molecule has 0 bridgehead atoms. The van der Waals surface area contributed by atoms with E-state index in [0.717, 1.165) is 0 Å². The van der Waals surface area contributed by atoms with E-state index in [1.807, 2.05) is 0 Å². The first-order chi connectivity index (χ1) is 13.0. The average Bonchev–Trinajstić information content (AvgIpc) is 3.13. The van der Waals surface area contributed by atoms with Crippen molar-refractivity contribution in [3.8, 4) is 11.3 Å². The second kappa shape index (κ2) is 6.45. The number of hydrogen-bond acceptors (Lipinski definition) is 6. The number of halogens is 1. The van der Waals surface area contributed by atoms with Gasteiger partial charge in [-0.25, -0.2) is 14.4 Å². The Balaban J connectivity index is 1.67. The van der Waals surface area contributed by atoms with Crippen LogP contribution in [0.5, 0.6) is 0 Å². The molecule has 0 saturated heterocycles. The van der Waals surface area contributed by atoms with Crippen molar-refractivity contribution in [1.29, 1.82) is 0 Å². The molecule has 0 N–H and O–H groups in total. The lowest BCUT2D eigenvalue weighted by molar-refractivity contribution is -0.384. The third kappa shape index (κ3) is 3.17. The Morgan fingerprint density at radius 2 is 1.93 bits per heavy atom. The fourth-order valence-electron chi connectivity index (χ4n) is 2.65. The van der Waals surface area contributed by atoms with E-state index < -0.39 is 10.5 Å². The summed E-state index contributed by atoms with van der Waals surface area (Å²) >= 11 is 0. The fourth-order valence-corrected chi connectivity index (χ4v) is 2.65. The number of nitro groups is 1. The highest BCUT2D eigenvalue weighted by Crippen LogP contribution is 2.21. The van der Waals surface area contributed by atoms with Gasteiger partial charge in [0.15, 0.2) is 5.76 Å². The fraction of sp³-hybridized carbons (Fsp3) is 0.0556. The quantitative estimate of drug-likeness (QED) is 0.406. The molecule has 0 unspecified atom stereocenters. The van der Waals surface area contributed by atoms with Crippen LogP contribution in [-0.2, 0) is 6.54 Å². The van der Waals surface area contributed by atoms with E-state index in [2.05, 4.69) is 9.97 Å². The van der Waals surface area contributed by atoms with Crippen molar-refractivity contribution in [3.63, 3.8) is 0 Å². The number of nitro benzene ring substituents is 1. The summed E-state index contributed by atoms with van der Waals surface area (Å²) < 4.78 is 19.9. The van der Waals surface area contributed by atoms with Crippen LogP contribution in [0.25, 0.3) is 22.2 Å². The number of fused-ring (bicyclic) bond motifs is 1. The van der Waals surface area contributed by atoms with Crippen LogP contribution in [0.1, 0.15) is 5.89 Å². The number of benzene rings is 2. The van der Waals surface area contributed by atoms with Gasteiger partial charge in [0.25, 0.3) is 11.2 Å². The van der Waals surface area contributed by atoms with Crippen molar-refractivity contribution in [2.24, 2.45) is 0 Å². The van der Waals surface area contributed by atoms with Crippen LogP contribution in [0, 0.1) is 15.9 Å². The zero-order valence-corrected chi connectivity index (χ0v) is 13.7. The van der Waals surface area contributed by atoms with E-state index in [1.54, 1.807) is 12.1 Å². The summed E-state index contributed by atoms with van der Waals surface area (Å²) in [5.74, 6) is 0.326. The highest BCUT2D eigenvalue weighted by molar-refractivity contribution is 5.79. The summed E-state index contributed by atoms with van der Waals surface area (Å²) in [5, 5.41) is 11.1. The molecule has 134 valence electrons. The molecule has 27 heavy (non-hydrogen) atoms. The van der Waals surface area contributed by atoms with Crippen LogP contribution in [-0.4, -0.2) is 19.5 Å². The summed E-state index contributed by atoms with van der Waals surface area (Å²) in [7, 11) is 0. The molecule has 8 nitrogen and oxygen atoms in total. The molecule has 0 spiro atoms. The zero-order valence-electron chi connectivity index (χ0n) is 13.7. The van der Waals surface area contributed by atoms with Gasteiger partial charge in [0, 0.05) is 17.7 Å². The van der Waals surface area contributed by atoms with Gasteiger partial charge in [0.1, 0.15) is 12.4 Å². The Morgan fingerprint density at radius 3 is 2.67 bits per heavy atom. The van der Waals surface area contributed by atoms with E-state index in [0.29, 0.717) is 16.8 Å². The highest BCUT2D eigenvalue weighted by atomic mass is 19.1. The monoisotopic (exact) mass is 366 g/mol. The van der Waals surface area contributed by atoms with Crippen LogP contribution in [0.2, 0.25) is 0 Å². The number of hydrogen-bond donors (Lipinski definition) is 0. The van der Waals surface area contributed by atoms with Crippen LogP contribution in [0.15, 0.2) is 64.2 Å². The van der Waals surface area contributed by atoms with E-state index in [-0.39, 0.29) is 29.3 Å². The van der Waals surface area contributed by atoms with E-state index >= 15 is 0 Å². The topological polar surface area (TPSA) is 104 Å². The van der Waals surface area contributed by atoms with Crippen molar-refractivity contribution in [3.05, 3.63) is 87.2 Å². The van der Waals surface area contributed by atoms with Gasteiger partial charge in [0.2, 0.25) is 5.89 Å². The minimum Gasteiger partial charge on any atom is -0.439 e. The van der Waals surface area contributed by atoms with Gasteiger partial charge in [-0.05, 0) is 30.3 Å². The van der Waals surface area contributed by atoms with Gasteiger partial charge in [-0.3, -0.25) is 19.5 Å². The van der Waals surface area contributed by atoms with E-state index in [4.69, 9.17) is 4.42 Å². The Hall–Kier alpha value is -3.88. The maximum absolute atomic E-state index is 13.0. The second-order valence-electron chi connectivity index (χ2n) is 5.76. The predicted molar refractivity (Wildman–Crippen MR) is 93.7 cm³/mol. The zero-order chi connectivity index (χ0) is 19.0. The molecular formula is C18H11FN4O4. The summed E-state index contributed by atoms with van der Waals surface area (Å²) in [5.41, 5.74) is 0.384. The highest BCUT2D eigenvalue weighted by Gasteiger charge is 2.13. The van der Waals surface area contributed by atoms with E-state index in [1.165, 1.54) is 47.4 Å². The minimum absolute atomic E-state index is 0.00562. The lowest BCUT2D eigenvalue weighted by Crippen LogP contribution is -2.21. The molecule has 2 aromatic heterocycles. The lowest BCUT2D eigenvalue weighted by Gasteiger charge is -2.04. The predicted octanol–water partition coefficient (Wildman–Crippen LogP) is 3.15. The van der Waals surface area contributed by atoms with Crippen molar-refractivity contribution in [2.45, 2.75) is 6.54 Å². The number of nitrogens with zero attached hydrogens (tertiary/aromatic N) is 4. The molecule has 0 saturated carbocycles. The van der Waals surface area contributed by atoms with Gasteiger partial charge in [-0.1, -0.05) is 0 Å². The molecular weight excluding hydrogens is 355 g/mol. The van der Waals surface area contributed by atoms with Gasteiger partial charge >= 0.3 is 0 Å². The smallest absolute Gasteiger partial charge is 0.270 e. The Morgan fingerprint density at radius 1 is 1.15 bits per heavy atom. The van der Waals surface area contributed by atoms with Crippen LogP contribution < -0.4 is 5.56 Å². The van der Waals surface area contributed by atoms with Crippen LogP contribution in [0.4, 0.5) is 10.1 Å². The second-order valence-corrected chi connectivity index (χ2v) is 5.76. The number of oxazole rings is 1. The first-order valence-corrected chi connectivity index (χ1v) is 7.85. The molecule has 0 atom stereocenters. The Bertz CT molecular complexity index is 1210. The third-order valence-corrected chi connectivity index (χ3v) is 4.01. The lowest BCUT2D eigenvalue weighted by atomic mass is 10.2. The largest absolute Gasteiger partial charge is 0.439 e. The maximum atomic E-state index is 13.0. The molecule has 0 aliphatic carbocycles. The SMILES string of the molecule is O=c1c2cc([N+](=O)[O-])ccc2ncn1Cc1ncc(-c2ccc(F)cc2)o1. The van der Waals surface area contributed by atoms with Crippen molar-refractivity contribution in [2.75, 3.05) is 0 Å². The van der Waals surface area contributed by atoms with Crippen molar-refractivity contribution >= 4 is 16.6 Å². The minimum atomic E-state index is -0.570. The summed E-state index contributed by atoms with van der Waals surface area (Å²) in [6.07, 6.45) is 2.81. The molecule has 0 amide bonds. The molecule has 0 fully saturated rings. The van der Waals surface area contributed by atoms with Crippen molar-refractivity contribution < 1.29 is 13.7 Å². The summed E-state index contributed by atoms with van der Waals surface area (Å²) in [6, 6.07) is 9.65. The Kier molecular flexibility index (Phi) is 3.96. The number of aromatic nitrogens is 3. The average molecular weight is 366 g/mol. The molecule has 0 radical (unpaired) electrons. The number of non-ortho nitro benzene ring substituents is 1.